The minimum Gasteiger partial charge on any atom is -0.497 e. The van der Waals surface area contributed by atoms with Gasteiger partial charge < -0.3 is 15.0 Å². The molecule has 2 aromatic rings. The minimum absolute atomic E-state index is 0.113. The molecule has 2 amide bonds. The summed E-state index contributed by atoms with van der Waals surface area (Å²) in [6.07, 6.45) is 1.38. The van der Waals surface area contributed by atoms with Crippen LogP contribution in [0.1, 0.15) is 38.3 Å². The SMILES string of the molecule is COc1ccc(CN(C(C)=O)C(Cc2ccccc2)C(=O)NCCC(C)C)cc1. The molecular formula is C24H32N2O3. The van der Waals surface area contributed by atoms with Gasteiger partial charge in [0.2, 0.25) is 11.8 Å². The quantitative estimate of drug-likeness (QED) is 0.664. The van der Waals surface area contributed by atoms with Gasteiger partial charge in [0, 0.05) is 26.4 Å². The van der Waals surface area contributed by atoms with E-state index in [0.29, 0.717) is 25.4 Å². The molecule has 0 aliphatic rings. The number of rotatable bonds is 10. The van der Waals surface area contributed by atoms with Gasteiger partial charge in [0.05, 0.1) is 7.11 Å². The summed E-state index contributed by atoms with van der Waals surface area (Å²) in [6, 6.07) is 16.8. The lowest BCUT2D eigenvalue weighted by Crippen LogP contribution is -2.50. The Hall–Kier alpha value is -2.82. The second-order valence-electron chi connectivity index (χ2n) is 7.67. The van der Waals surface area contributed by atoms with Crippen molar-refractivity contribution in [3.63, 3.8) is 0 Å². The molecule has 2 rings (SSSR count). The van der Waals surface area contributed by atoms with Gasteiger partial charge >= 0.3 is 0 Å². The highest BCUT2D eigenvalue weighted by Crippen LogP contribution is 2.17. The van der Waals surface area contributed by atoms with Crippen molar-refractivity contribution in [3.8, 4) is 5.75 Å². The molecule has 2 aromatic carbocycles. The van der Waals surface area contributed by atoms with Crippen LogP contribution in [0.5, 0.6) is 5.75 Å². The highest BCUT2D eigenvalue weighted by Gasteiger charge is 2.28. The number of ether oxygens (including phenoxy) is 1. The smallest absolute Gasteiger partial charge is 0.243 e. The number of nitrogens with one attached hydrogen (secondary N) is 1. The topological polar surface area (TPSA) is 58.6 Å². The minimum atomic E-state index is -0.566. The maximum atomic E-state index is 13.0. The predicted molar refractivity (Wildman–Crippen MR) is 116 cm³/mol. The first-order chi connectivity index (χ1) is 13.9. The molecule has 5 nitrogen and oxygen atoms in total. The third kappa shape index (κ3) is 7.26. The predicted octanol–water partition coefficient (Wildman–Crippen LogP) is 3.82. The molecule has 29 heavy (non-hydrogen) atoms. The molecule has 0 fully saturated rings. The van der Waals surface area contributed by atoms with Gasteiger partial charge in [-0.3, -0.25) is 9.59 Å². The summed E-state index contributed by atoms with van der Waals surface area (Å²) in [5.74, 6) is 1.03. The van der Waals surface area contributed by atoms with Crippen LogP contribution in [0.15, 0.2) is 54.6 Å². The highest BCUT2D eigenvalue weighted by atomic mass is 16.5. The number of benzene rings is 2. The van der Waals surface area contributed by atoms with Gasteiger partial charge in [0.15, 0.2) is 0 Å². The first kappa shape index (κ1) is 22.5. The number of carbonyl (C=O) groups is 2. The largest absolute Gasteiger partial charge is 0.497 e. The van der Waals surface area contributed by atoms with Crippen molar-refractivity contribution < 1.29 is 14.3 Å². The third-order valence-electron chi connectivity index (χ3n) is 4.89. The lowest BCUT2D eigenvalue weighted by Gasteiger charge is -2.30. The summed E-state index contributed by atoms with van der Waals surface area (Å²) < 4.78 is 5.21. The Kier molecular flexibility index (Phi) is 8.71. The van der Waals surface area contributed by atoms with Crippen LogP contribution in [-0.2, 0) is 22.6 Å². The number of amides is 2. The van der Waals surface area contributed by atoms with Crippen LogP contribution >= 0.6 is 0 Å². The molecule has 0 aliphatic carbocycles. The molecule has 0 saturated carbocycles. The van der Waals surface area contributed by atoms with Crippen molar-refractivity contribution in [2.24, 2.45) is 5.92 Å². The Labute approximate surface area is 174 Å². The van der Waals surface area contributed by atoms with Gasteiger partial charge in [-0.15, -0.1) is 0 Å². The maximum absolute atomic E-state index is 13.0. The fourth-order valence-corrected chi connectivity index (χ4v) is 3.15. The average molecular weight is 397 g/mol. The van der Waals surface area contributed by atoms with Gasteiger partial charge in [0.1, 0.15) is 11.8 Å². The van der Waals surface area contributed by atoms with E-state index in [-0.39, 0.29) is 11.8 Å². The van der Waals surface area contributed by atoms with Crippen LogP contribution in [0.4, 0.5) is 0 Å². The van der Waals surface area contributed by atoms with Crippen LogP contribution in [-0.4, -0.2) is 36.4 Å². The fourth-order valence-electron chi connectivity index (χ4n) is 3.15. The van der Waals surface area contributed by atoms with E-state index in [9.17, 15) is 9.59 Å². The van der Waals surface area contributed by atoms with Crippen molar-refractivity contribution >= 4 is 11.8 Å². The van der Waals surface area contributed by atoms with E-state index in [2.05, 4.69) is 19.2 Å². The van der Waals surface area contributed by atoms with E-state index < -0.39 is 6.04 Å². The molecule has 0 radical (unpaired) electrons. The van der Waals surface area contributed by atoms with Gasteiger partial charge in [0.25, 0.3) is 0 Å². The van der Waals surface area contributed by atoms with Gasteiger partial charge in [-0.05, 0) is 35.6 Å². The van der Waals surface area contributed by atoms with Crippen molar-refractivity contribution in [1.29, 1.82) is 0 Å². The standard InChI is InChI=1S/C24H32N2O3/c1-18(2)14-15-25-24(28)23(16-20-8-6-5-7-9-20)26(19(3)27)17-21-10-12-22(29-4)13-11-21/h5-13,18,23H,14-17H2,1-4H3,(H,25,28). The number of methoxy groups -OCH3 is 1. The lowest BCUT2D eigenvalue weighted by atomic mass is 10.0. The van der Waals surface area contributed by atoms with Crippen molar-refractivity contribution in [1.82, 2.24) is 10.2 Å². The van der Waals surface area contributed by atoms with Crippen LogP contribution in [0.25, 0.3) is 0 Å². The highest BCUT2D eigenvalue weighted by molar-refractivity contribution is 5.87. The van der Waals surface area contributed by atoms with E-state index >= 15 is 0 Å². The number of carbonyl (C=O) groups excluding carboxylic acids is 2. The molecule has 1 atom stereocenters. The van der Waals surface area contributed by atoms with E-state index in [0.717, 1.165) is 23.3 Å². The van der Waals surface area contributed by atoms with Crippen LogP contribution in [0, 0.1) is 5.92 Å². The maximum Gasteiger partial charge on any atom is 0.243 e. The summed E-state index contributed by atoms with van der Waals surface area (Å²) in [7, 11) is 1.62. The van der Waals surface area contributed by atoms with E-state index in [1.54, 1.807) is 12.0 Å². The van der Waals surface area contributed by atoms with Crippen molar-refractivity contribution in [2.45, 2.75) is 46.2 Å². The van der Waals surface area contributed by atoms with E-state index in [4.69, 9.17) is 4.74 Å². The molecule has 1 N–H and O–H groups in total. The number of hydrogen-bond acceptors (Lipinski definition) is 3. The zero-order valence-corrected chi connectivity index (χ0v) is 17.9. The molecular weight excluding hydrogens is 364 g/mol. The zero-order chi connectivity index (χ0) is 21.2. The summed E-state index contributed by atoms with van der Waals surface area (Å²) >= 11 is 0. The third-order valence-corrected chi connectivity index (χ3v) is 4.89. The first-order valence-corrected chi connectivity index (χ1v) is 10.1. The summed E-state index contributed by atoms with van der Waals surface area (Å²) in [6.45, 7) is 6.74. The monoisotopic (exact) mass is 396 g/mol. The summed E-state index contributed by atoms with van der Waals surface area (Å²) in [5, 5.41) is 3.02. The molecule has 5 heteroatoms. The van der Waals surface area contributed by atoms with Crippen LogP contribution in [0.2, 0.25) is 0 Å². The summed E-state index contributed by atoms with van der Waals surface area (Å²) in [4.78, 5) is 27.2. The Balaban J connectivity index is 2.22. The molecule has 0 aliphatic heterocycles. The normalized spacial score (nSPS) is 11.8. The molecule has 0 saturated heterocycles. The van der Waals surface area contributed by atoms with Crippen molar-refractivity contribution in [3.05, 3.63) is 65.7 Å². The molecule has 0 bridgehead atoms. The van der Waals surface area contributed by atoms with Gasteiger partial charge in [-0.1, -0.05) is 56.3 Å². The molecule has 0 spiro atoms. The average Bonchev–Trinajstić information content (AvgIpc) is 2.71. The van der Waals surface area contributed by atoms with Gasteiger partial charge in [-0.25, -0.2) is 0 Å². The second kappa shape index (κ2) is 11.2. The van der Waals surface area contributed by atoms with Gasteiger partial charge in [-0.2, -0.15) is 0 Å². The second-order valence-corrected chi connectivity index (χ2v) is 7.67. The fraction of sp³-hybridized carbons (Fsp3) is 0.417. The Morgan fingerprint density at radius 1 is 1.00 bits per heavy atom. The number of hydrogen-bond donors (Lipinski definition) is 1. The molecule has 156 valence electrons. The molecule has 1 unspecified atom stereocenters. The van der Waals surface area contributed by atoms with Crippen molar-refractivity contribution in [2.75, 3.05) is 13.7 Å². The number of nitrogens with zero attached hydrogens (tertiary/aromatic N) is 1. The Morgan fingerprint density at radius 2 is 1.66 bits per heavy atom. The Bertz CT molecular complexity index is 772. The first-order valence-electron chi connectivity index (χ1n) is 10.1. The van der Waals surface area contributed by atoms with Crippen LogP contribution in [0.3, 0.4) is 0 Å². The molecule has 0 aromatic heterocycles. The zero-order valence-electron chi connectivity index (χ0n) is 17.9. The Morgan fingerprint density at radius 3 is 2.21 bits per heavy atom. The van der Waals surface area contributed by atoms with E-state index in [1.807, 2.05) is 54.6 Å². The van der Waals surface area contributed by atoms with E-state index in [1.165, 1.54) is 6.92 Å². The summed E-state index contributed by atoms with van der Waals surface area (Å²) in [5.41, 5.74) is 1.98. The molecule has 0 heterocycles. The van der Waals surface area contributed by atoms with Crippen LogP contribution < -0.4 is 10.1 Å². The lowest BCUT2D eigenvalue weighted by molar-refractivity contribution is -0.139.